The van der Waals surface area contributed by atoms with Crippen LogP contribution in [0.25, 0.3) is 0 Å². The first-order valence-electron chi connectivity index (χ1n) is 6.97. The average molecular weight is 292 g/mol. The van der Waals surface area contributed by atoms with Gasteiger partial charge in [0, 0.05) is 25.2 Å². The molecule has 0 aromatic heterocycles. The zero-order valence-corrected chi connectivity index (χ0v) is 12.0. The molecule has 1 aromatic rings. The number of nitro groups is 1. The molecule has 1 fully saturated rings. The van der Waals surface area contributed by atoms with Crippen LogP contribution in [0.2, 0.25) is 0 Å². The molecule has 3 N–H and O–H groups in total. The lowest BCUT2D eigenvalue weighted by atomic mass is 9.97. The second-order valence-corrected chi connectivity index (χ2v) is 5.62. The molecule has 0 spiro atoms. The van der Waals surface area contributed by atoms with Gasteiger partial charge in [-0.1, -0.05) is 19.1 Å². The van der Waals surface area contributed by atoms with Crippen LogP contribution in [0.3, 0.4) is 0 Å². The summed E-state index contributed by atoms with van der Waals surface area (Å²) >= 11 is 0. The van der Waals surface area contributed by atoms with Gasteiger partial charge in [-0.3, -0.25) is 19.8 Å². The van der Waals surface area contributed by atoms with Gasteiger partial charge >= 0.3 is 0 Å². The number of nitrogens with zero attached hydrogens (tertiary/aromatic N) is 2. The summed E-state index contributed by atoms with van der Waals surface area (Å²) in [5.74, 6) is 0.193. The summed E-state index contributed by atoms with van der Waals surface area (Å²) in [5, 5.41) is 13.5. The largest absolute Gasteiger partial charge is 0.327 e. The number of carbonyl (C=O) groups excluding carboxylic acids is 1. The molecule has 7 heteroatoms. The van der Waals surface area contributed by atoms with E-state index >= 15 is 0 Å². The minimum Gasteiger partial charge on any atom is -0.327 e. The monoisotopic (exact) mass is 292 g/mol. The van der Waals surface area contributed by atoms with E-state index in [1.54, 1.807) is 12.1 Å². The lowest BCUT2D eigenvalue weighted by molar-refractivity contribution is -0.383. The van der Waals surface area contributed by atoms with Crippen LogP contribution in [0.5, 0.6) is 0 Å². The number of benzene rings is 1. The summed E-state index contributed by atoms with van der Waals surface area (Å²) in [6.45, 7) is 3.79. The van der Waals surface area contributed by atoms with E-state index in [1.165, 1.54) is 12.1 Å². The molecule has 1 heterocycles. The normalized spacial score (nSPS) is 22.8. The second-order valence-electron chi connectivity index (χ2n) is 5.62. The van der Waals surface area contributed by atoms with Crippen molar-refractivity contribution in [2.45, 2.75) is 19.4 Å². The maximum Gasteiger partial charge on any atom is 0.292 e. The van der Waals surface area contributed by atoms with Crippen LogP contribution >= 0.6 is 0 Å². The van der Waals surface area contributed by atoms with Crippen LogP contribution in [0.15, 0.2) is 24.3 Å². The molecule has 1 aliphatic rings. The number of nitrogens with two attached hydrogens (primary N) is 1. The van der Waals surface area contributed by atoms with Crippen molar-refractivity contribution in [1.29, 1.82) is 0 Å². The summed E-state index contributed by atoms with van der Waals surface area (Å²) in [6.07, 6.45) is 0.961. The van der Waals surface area contributed by atoms with Gasteiger partial charge in [-0.15, -0.1) is 0 Å². The molecule has 114 valence electrons. The van der Waals surface area contributed by atoms with E-state index in [4.69, 9.17) is 5.73 Å². The molecule has 1 aromatic carbocycles. The van der Waals surface area contributed by atoms with Gasteiger partial charge in [-0.25, -0.2) is 0 Å². The fourth-order valence-corrected chi connectivity index (χ4v) is 2.77. The number of hydrogen-bond donors (Lipinski definition) is 2. The number of nitrogens with one attached hydrogen (secondary N) is 1. The number of para-hydroxylation sites is 2. The summed E-state index contributed by atoms with van der Waals surface area (Å²) < 4.78 is 0. The van der Waals surface area contributed by atoms with Crippen molar-refractivity contribution >= 4 is 17.3 Å². The Kier molecular flexibility index (Phi) is 4.87. The average Bonchev–Trinajstić information content (AvgIpc) is 2.37. The predicted octanol–water partition coefficient (Wildman–Crippen LogP) is 1.20. The molecule has 2 atom stereocenters. The van der Waals surface area contributed by atoms with Crippen molar-refractivity contribution in [3.05, 3.63) is 34.4 Å². The molecule has 21 heavy (non-hydrogen) atoms. The fraction of sp³-hybridized carbons (Fsp3) is 0.500. The van der Waals surface area contributed by atoms with Crippen molar-refractivity contribution in [3.8, 4) is 0 Å². The molecule has 7 nitrogen and oxygen atoms in total. The van der Waals surface area contributed by atoms with Crippen LogP contribution in [0, 0.1) is 16.0 Å². The number of piperidine rings is 1. The van der Waals surface area contributed by atoms with Crippen LogP contribution in [-0.4, -0.2) is 41.4 Å². The highest BCUT2D eigenvalue weighted by atomic mass is 16.6. The van der Waals surface area contributed by atoms with E-state index in [9.17, 15) is 14.9 Å². The fourth-order valence-electron chi connectivity index (χ4n) is 2.77. The quantitative estimate of drug-likeness (QED) is 0.641. The van der Waals surface area contributed by atoms with Crippen LogP contribution in [0.1, 0.15) is 13.3 Å². The maximum atomic E-state index is 12.1. The summed E-state index contributed by atoms with van der Waals surface area (Å²) in [6, 6.07) is 6.20. The third-order valence-electron chi connectivity index (χ3n) is 3.51. The molecular weight excluding hydrogens is 272 g/mol. The Morgan fingerprint density at radius 3 is 2.86 bits per heavy atom. The van der Waals surface area contributed by atoms with Crippen LogP contribution in [-0.2, 0) is 4.79 Å². The smallest absolute Gasteiger partial charge is 0.292 e. The molecule has 0 aliphatic carbocycles. The minimum absolute atomic E-state index is 0.0765. The zero-order chi connectivity index (χ0) is 15.4. The summed E-state index contributed by atoms with van der Waals surface area (Å²) in [5.41, 5.74) is 6.07. The Bertz CT molecular complexity index is 525. The van der Waals surface area contributed by atoms with E-state index in [0.717, 1.165) is 13.0 Å². The van der Waals surface area contributed by atoms with Crippen molar-refractivity contribution < 1.29 is 9.72 Å². The van der Waals surface area contributed by atoms with Crippen LogP contribution < -0.4 is 11.1 Å². The molecule has 1 saturated heterocycles. The molecule has 1 aliphatic heterocycles. The number of hydrogen-bond acceptors (Lipinski definition) is 5. The Morgan fingerprint density at radius 1 is 1.48 bits per heavy atom. The Hall–Kier alpha value is -1.99. The predicted molar refractivity (Wildman–Crippen MR) is 79.9 cm³/mol. The van der Waals surface area contributed by atoms with E-state index in [2.05, 4.69) is 12.2 Å². The molecule has 0 radical (unpaired) electrons. The second kappa shape index (κ2) is 6.64. The Balaban J connectivity index is 1.97. The van der Waals surface area contributed by atoms with Crippen molar-refractivity contribution in [3.63, 3.8) is 0 Å². The van der Waals surface area contributed by atoms with Gasteiger partial charge in [0.2, 0.25) is 5.91 Å². The summed E-state index contributed by atoms with van der Waals surface area (Å²) in [4.78, 5) is 24.4. The van der Waals surface area contributed by atoms with Gasteiger partial charge < -0.3 is 11.1 Å². The molecule has 1 amide bonds. The van der Waals surface area contributed by atoms with Crippen molar-refractivity contribution in [2.75, 3.05) is 25.0 Å². The van der Waals surface area contributed by atoms with Gasteiger partial charge in [0.1, 0.15) is 5.69 Å². The van der Waals surface area contributed by atoms with Crippen molar-refractivity contribution in [1.82, 2.24) is 4.90 Å². The highest BCUT2D eigenvalue weighted by Crippen LogP contribution is 2.23. The number of carbonyl (C=O) groups is 1. The van der Waals surface area contributed by atoms with Gasteiger partial charge in [0.25, 0.3) is 5.69 Å². The topological polar surface area (TPSA) is 102 Å². The van der Waals surface area contributed by atoms with Crippen molar-refractivity contribution in [2.24, 2.45) is 11.7 Å². The van der Waals surface area contributed by atoms with Crippen LogP contribution in [0.4, 0.5) is 11.4 Å². The number of anilines is 1. The van der Waals surface area contributed by atoms with E-state index in [-0.39, 0.29) is 29.9 Å². The Labute approximate surface area is 123 Å². The number of likely N-dealkylation sites (tertiary alicyclic amines) is 1. The number of amides is 1. The first kappa shape index (κ1) is 15.4. The minimum atomic E-state index is -0.505. The Morgan fingerprint density at radius 2 is 2.19 bits per heavy atom. The SMILES string of the molecule is CC1CC(N)CN(CC(=O)Nc2ccccc2[N+](=O)[O-])C1. The zero-order valence-electron chi connectivity index (χ0n) is 12.0. The molecule has 2 unspecified atom stereocenters. The highest BCUT2D eigenvalue weighted by Gasteiger charge is 2.24. The highest BCUT2D eigenvalue weighted by molar-refractivity contribution is 5.94. The van der Waals surface area contributed by atoms with E-state index in [1.807, 2.05) is 4.90 Å². The van der Waals surface area contributed by atoms with E-state index in [0.29, 0.717) is 12.5 Å². The lowest BCUT2D eigenvalue weighted by Gasteiger charge is -2.34. The van der Waals surface area contributed by atoms with Gasteiger partial charge in [-0.05, 0) is 18.4 Å². The van der Waals surface area contributed by atoms with Gasteiger partial charge in [0.05, 0.1) is 11.5 Å². The maximum absolute atomic E-state index is 12.1. The molecule has 0 bridgehead atoms. The number of nitro benzene ring substituents is 1. The lowest BCUT2D eigenvalue weighted by Crippen LogP contribution is -2.48. The number of rotatable bonds is 4. The van der Waals surface area contributed by atoms with Gasteiger partial charge in [0.15, 0.2) is 0 Å². The molecule has 2 rings (SSSR count). The standard InChI is InChI=1S/C14H20N4O3/c1-10-6-11(15)8-17(7-10)9-14(19)16-12-4-2-3-5-13(12)18(20)21/h2-5,10-11H,6-9,15H2,1H3,(H,16,19). The molecule has 0 saturated carbocycles. The first-order chi connectivity index (χ1) is 9.95. The summed E-state index contributed by atoms with van der Waals surface area (Å²) in [7, 11) is 0. The third-order valence-corrected chi connectivity index (χ3v) is 3.51. The third kappa shape index (κ3) is 4.24. The van der Waals surface area contributed by atoms with E-state index < -0.39 is 4.92 Å². The first-order valence-corrected chi connectivity index (χ1v) is 6.97. The molecular formula is C14H20N4O3. The van der Waals surface area contributed by atoms with Gasteiger partial charge in [-0.2, -0.15) is 0 Å².